The van der Waals surface area contributed by atoms with Gasteiger partial charge in [0.05, 0.1) is 12.6 Å². The van der Waals surface area contributed by atoms with Gasteiger partial charge < -0.3 is 9.42 Å². The molecule has 3 aromatic rings. The Kier molecular flexibility index (Phi) is 5.80. The average molecular weight is 370 g/mol. The second-order valence-electron chi connectivity index (χ2n) is 6.30. The SMILES string of the molecule is C[C@H](c1nccs1)N(C)C(=O)c1cc(CN(C)Cc2ccccc2)on1. The topological polar surface area (TPSA) is 62.5 Å². The molecule has 136 valence electrons. The van der Waals surface area contributed by atoms with Crippen LogP contribution in [0.5, 0.6) is 0 Å². The lowest BCUT2D eigenvalue weighted by molar-refractivity contribution is 0.0732. The van der Waals surface area contributed by atoms with E-state index in [-0.39, 0.29) is 11.9 Å². The van der Waals surface area contributed by atoms with E-state index in [1.807, 2.05) is 37.6 Å². The van der Waals surface area contributed by atoms with Crippen molar-refractivity contribution >= 4 is 17.2 Å². The maximum absolute atomic E-state index is 12.6. The highest BCUT2D eigenvalue weighted by Gasteiger charge is 2.23. The van der Waals surface area contributed by atoms with Gasteiger partial charge in [-0.1, -0.05) is 35.5 Å². The van der Waals surface area contributed by atoms with Crippen molar-refractivity contribution in [3.8, 4) is 0 Å². The minimum Gasteiger partial charge on any atom is -0.359 e. The van der Waals surface area contributed by atoms with Crippen molar-refractivity contribution in [1.82, 2.24) is 19.9 Å². The Morgan fingerprint density at radius 3 is 2.69 bits per heavy atom. The summed E-state index contributed by atoms with van der Waals surface area (Å²) in [4.78, 5) is 20.7. The Morgan fingerprint density at radius 2 is 2.00 bits per heavy atom. The number of carbonyl (C=O) groups excluding carboxylic acids is 1. The molecule has 0 N–H and O–H groups in total. The van der Waals surface area contributed by atoms with E-state index < -0.39 is 0 Å². The standard InChI is InChI=1S/C19H22N4O2S/c1-14(18-20-9-10-26-18)23(3)19(24)17-11-16(25-21-17)13-22(2)12-15-7-5-4-6-8-15/h4-11,14H,12-13H2,1-3H3/t14-/m1/s1. The second-order valence-corrected chi connectivity index (χ2v) is 7.22. The first kappa shape index (κ1) is 18.3. The van der Waals surface area contributed by atoms with Gasteiger partial charge >= 0.3 is 0 Å². The van der Waals surface area contributed by atoms with Gasteiger partial charge in [-0.2, -0.15) is 0 Å². The molecule has 6 nitrogen and oxygen atoms in total. The Labute approximate surface area is 157 Å². The fourth-order valence-electron chi connectivity index (χ4n) is 2.67. The molecule has 0 fully saturated rings. The summed E-state index contributed by atoms with van der Waals surface area (Å²) >= 11 is 1.53. The molecule has 2 aromatic heterocycles. The zero-order chi connectivity index (χ0) is 18.5. The summed E-state index contributed by atoms with van der Waals surface area (Å²) in [5, 5.41) is 6.75. The highest BCUT2D eigenvalue weighted by molar-refractivity contribution is 7.09. The molecular formula is C19H22N4O2S. The number of thiazole rings is 1. The van der Waals surface area contributed by atoms with Gasteiger partial charge in [0.15, 0.2) is 11.5 Å². The zero-order valence-corrected chi connectivity index (χ0v) is 15.9. The Bertz CT molecular complexity index is 832. The van der Waals surface area contributed by atoms with Crippen LogP contribution in [0.25, 0.3) is 0 Å². The summed E-state index contributed by atoms with van der Waals surface area (Å²) in [5.74, 6) is 0.496. The molecule has 1 amide bonds. The van der Waals surface area contributed by atoms with Crippen LogP contribution >= 0.6 is 11.3 Å². The van der Waals surface area contributed by atoms with E-state index in [0.717, 1.165) is 11.6 Å². The number of hydrogen-bond acceptors (Lipinski definition) is 6. The molecule has 0 spiro atoms. The van der Waals surface area contributed by atoms with Gasteiger partial charge in [-0.05, 0) is 19.5 Å². The van der Waals surface area contributed by atoms with Crippen molar-refractivity contribution < 1.29 is 9.32 Å². The number of carbonyl (C=O) groups is 1. The van der Waals surface area contributed by atoms with Crippen molar-refractivity contribution in [3.05, 3.63) is 70.0 Å². The van der Waals surface area contributed by atoms with Crippen molar-refractivity contribution in [3.63, 3.8) is 0 Å². The van der Waals surface area contributed by atoms with E-state index in [1.165, 1.54) is 16.9 Å². The summed E-state index contributed by atoms with van der Waals surface area (Å²) < 4.78 is 5.36. The molecule has 0 saturated heterocycles. The third kappa shape index (κ3) is 4.36. The molecule has 0 unspecified atom stereocenters. The molecule has 2 heterocycles. The molecule has 1 aromatic carbocycles. The molecule has 0 saturated carbocycles. The van der Waals surface area contributed by atoms with Crippen LogP contribution in [0.15, 0.2) is 52.5 Å². The monoisotopic (exact) mass is 370 g/mol. The number of aromatic nitrogens is 2. The fourth-order valence-corrected chi connectivity index (χ4v) is 3.41. The summed E-state index contributed by atoms with van der Waals surface area (Å²) in [6, 6.07) is 11.8. The smallest absolute Gasteiger partial charge is 0.276 e. The summed E-state index contributed by atoms with van der Waals surface area (Å²) in [6.45, 7) is 3.33. The second kappa shape index (κ2) is 8.25. The third-order valence-corrected chi connectivity index (χ3v) is 5.16. The third-order valence-electron chi connectivity index (χ3n) is 4.21. The Morgan fingerprint density at radius 1 is 1.23 bits per heavy atom. The molecule has 0 aliphatic heterocycles. The van der Waals surface area contributed by atoms with Crippen LogP contribution in [-0.4, -0.2) is 39.9 Å². The van der Waals surface area contributed by atoms with E-state index >= 15 is 0 Å². The summed E-state index contributed by atoms with van der Waals surface area (Å²) in [6.07, 6.45) is 1.74. The van der Waals surface area contributed by atoms with Crippen molar-refractivity contribution in [2.24, 2.45) is 0 Å². The Hall–Kier alpha value is -2.51. The zero-order valence-electron chi connectivity index (χ0n) is 15.1. The number of hydrogen-bond donors (Lipinski definition) is 0. The number of amides is 1. The molecule has 26 heavy (non-hydrogen) atoms. The Balaban J connectivity index is 1.61. The summed E-state index contributed by atoms with van der Waals surface area (Å²) in [7, 11) is 3.76. The fraction of sp³-hybridized carbons (Fsp3) is 0.316. The largest absolute Gasteiger partial charge is 0.359 e. The minimum absolute atomic E-state index is 0.108. The first-order valence-corrected chi connectivity index (χ1v) is 9.27. The molecule has 0 radical (unpaired) electrons. The van der Waals surface area contributed by atoms with E-state index in [4.69, 9.17) is 4.52 Å². The van der Waals surface area contributed by atoms with E-state index in [2.05, 4.69) is 27.2 Å². The first-order valence-electron chi connectivity index (χ1n) is 8.39. The molecule has 0 aliphatic rings. The molecule has 0 bridgehead atoms. The number of nitrogens with zero attached hydrogens (tertiary/aromatic N) is 4. The van der Waals surface area contributed by atoms with Gasteiger partial charge in [-0.3, -0.25) is 9.69 Å². The van der Waals surface area contributed by atoms with Gasteiger partial charge in [0.1, 0.15) is 5.01 Å². The van der Waals surface area contributed by atoms with Crippen LogP contribution in [0, 0.1) is 0 Å². The normalized spacial score (nSPS) is 12.3. The van der Waals surface area contributed by atoms with Gasteiger partial charge in [-0.15, -0.1) is 11.3 Å². The van der Waals surface area contributed by atoms with Crippen molar-refractivity contribution in [1.29, 1.82) is 0 Å². The average Bonchev–Trinajstić information content (AvgIpc) is 3.32. The van der Waals surface area contributed by atoms with Gasteiger partial charge in [-0.25, -0.2) is 4.98 Å². The quantitative estimate of drug-likeness (QED) is 0.636. The van der Waals surface area contributed by atoms with E-state index in [0.29, 0.717) is 18.0 Å². The van der Waals surface area contributed by atoms with Crippen LogP contribution in [-0.2, 0) is 13.1 Å². The van der Waals surface area contributed by atoms with Gasteiger partial charge in [0.25, 0.3) is 5.91 Å². The maximum atomic E-state index is 12.6. The van der Waals surface area contributed by atoms with Crippen molar-refractivity contribution in [2.75, 3.05) is 14.1 Å². The lowest BCUT2D eigenvalue weighted by Crippen LogP contribution is -2.29. The van der Waals surface area contributed by atoms with E-state index in [1.54, 1.807) is 24.2 Å². The predicted molar refractivity (Wildman–Crippen MR) is 101 cm³/mol. The highest BCUT2D eigenvalue weighted by Crippen LogP contribution is 2.22. The lowest BCUT2D eigenvalue weighted by atomic mass is 10.2. The highest BCUT2D eigenvalue weighted by atomic mass is 32.1. The number of rotatable bonds is 7. The van der Waals surface area contributed by atoms with Crippen molar-refractivity contribution in [2.45, 2.75) is 26.1 Å². The maximum Gasteiger partial charge on any atom is 0.276 e. The van der Waals surface area contributed by atoms with Crippen LogP contribution in [0.1, 0.15) is 39.8 Å². The van der Waals surface area contributed by atoms with Crippen LogP contribution in [0.2, 0.25) is 0 Å². The van der Waals surface area contributed by atoms with Crippen LogP contribution in [0.3, 0.4) is 0 Å². The van der Waals surface area contributed by atoms with Gasteiger partial charge in [0, 0.05) is 31.2 Å². The molecule has 7 heteroatoms. The molecule has 1 atom stereocenters. The molecule has 3 rings (SSSR count). The molecule has 0 aliphatic carbocycles. The van der Waals surface area contributed by atoms with E-state index in [9.17, 15) is 4.79 Å². The van der Waals surface area contributed by atoms with Crippen LogP contribution in [0.4, 0.5) is 0 Å². The van der Waals surface area contributed by atoms with Crippen LogP contribution < -0.4 is 0 Å². The first-order chi connectivity index (χ1) is 12.5. The summed E-state index contributed by atoms with van der Waals surface area (Å²) in [5.41, 5.74) is 1.54. The van der Waals surface area contributed by atoms with Gasteiger partial charge in [0.2, 0.25) is 0 Å². The number of benzene rings is 1. The molecular weight excluding hydrogens is 348 g/mol. The predicted octanol–water partition coefficient (Wildman–Crippen LogP) is 3.60. The minimum atomic E-state index is -0.173. The lowest BCUT2D eigenvalue weighted by Gasteiger charge is -2.21.